The van der Waals surface area contributed by atoms with Gasteiger partial charge in [0.25, 0.3) is 0 Å². The van der Waals surface area contributed by atoms with E-state index in [-0.39, 0.29) is 10.8 Å². The quantitative estimate of drug-likeness (QED) is 0.536. The third kappa shape index (κ3) is 5.02. The lowest BCUT2D eigenvalue weighted by molar-refractivity contribution is 0.471. The molecule has 0 aromatic heterocycles. The minimum atomic E-state index is -1.79. The first-order chi connectivity index (χ1) is 13.2. The molecule has 0 atom stereocenters. The monoisotopic (exact) mass is 442 g/mol. The van der Waals surface area contributed by atoms with Crippen LogP contribution in [0.5, 0.6) is 11.5 Å². The molecular weight excluding hydrogens is 400 g/mol. The van der Waals surface area contributed by atoms with E-state index in [2.05, 4.69) is 105 Å². The summed E-state index contributed by atoms with van der Waals surface area (Å²) < 4.78 is 0. The van der Waals surface area contributed by atoms with E-state index in [1.54, 1.807) is 0 Å². The Morgan fingerprint density at radius 2 is 0.800 bits per heavy atom. The van der Waals surface area contributed by atoms with Crippen LogP contribution in [0.1, 0.15) is 52.7 Å². The predicted octanol–water partition coefficient (Wildman–Crippen LogP) is 6.45. The van der Waals surface area contributed by atoms with Crippen molar-refractivity contribution < 1.29 is 10.2 Å². The molecule has 2 N–H and O–H groups in total. The molecule has 0 radical (unpaired) electrons. The number of rotatable bonds is 3. The Hall–Kier alpha value is -1.53. The molecule has 0 heterocycles. The first-order valence-electron chi connectivity index (χ1n) is 11.0. The Labute approximate surface area is 186 Å². The minimum Gasteiger partial charge on any atom is -0.507 e. The van der Waals surface area contributed by atoms with Gasteiger partial charge in [0, 0.05) is 11.1 Å². The van der Waals surface area contributed by atoms with Crippen molar-refractivity contribution in [2.75, 3.05) is 0 Å². The van der Waals surface area contributed by atoms with Crippen molar-refractivity contribution in [1.29, 1.82) is 0 Å². The van der Waals surface area contributed by atoms with Crippen LogP contribution in [-0.2, 0) is 10.8 Å². The highest BCUT2D eigenvalue weighted by molar-refractivity contribution is 6.90. The third-order valence-electron chi connectivity index (χ3n) is 5.86. The number of hydrogen-bond donors (Lipinski definition) is 2. The maximum absolute atomic E-state index is 11.4. The molecule has 0 aliphatic carbocycles. The first kappa shape index (κ1) is 24.7. The van der Waals surface area contributed by atoms with E-state index in [0.29, 0.717) is 11.5 Å². The van der Waals surface area contributed by atoms with Crippen molar-refractivity contribution in [3.8, 4) is 22.6 Å². The van der Waals surface area contributed by atoms with E-state index in [9.17, 15) is 10.2 Å². The molecule has 30 heavy (non-hydrogen) atoms. The van der Waals surface area contributed by atoms with Gasteiger partial charge in [-0.1, -0.05) is 93.0 Å². The van der Waals surface area contributed by atoms with Gasteiger partial charge in [-0.2, -0.15) is 0 Å². The van der Waals surface area contributed by atoms with Crippen LogP contribution >= 0.6 is 0 Å². The molecular formula is C26H42O2Si2. The van der Waals surface area contributed by atoms with Crippen molar-refractivity contribution in [2.24, 2.45) is 0 Å². The molecule has 0 bridgehead atoms. The van der Waals surface area contributed by atoms with Gasteiger partial charge in [0.15, 0.2) is 0 Å². The fraction of sp³-hybridized carbons (Fsp3) is 0.538. The summed E-state index contributed by atoms with van der Waals surface area (Å²) in [7, 11) is -3.59. The second kappa shape index (κ2) is 7.56. The second-order valence-corrected chi connectivity index (χ2v) is 22.9. The largest absolute Gasteiger partial charge is 0.507 e. The lowest BCUT2D eigenvalue weighted by atomic mass is 9.83. The summed E-state index contributed by atoms with van der Waals surface area (Å²) in [6.45, 7) is 26.8. The Morgan fingerprint density at radius 3 is 1.00 bits per heavy atom. The van der Waals surface area contributed by atoms with Crippen LogP contribution in [-0.4, -0.2) is 26.4 Å². The SMILES string of the molecule is CC(C)(C)c1cc(-c2cc(C(C)(C)C)cc([Si](C)(C)C)c2O)c(O)c([Si](C)(C)C)c1. The summed E-state index contributed by atoms with van der Waals surface area (Å²) in [6, 6.07) is 8.56. The van der Waals surface area contributed by atoms with Gasteiger partial charge in [0.05, 0.1) is 16.1 Å². The van der Waals surface area contributed by atoms with Gasteiger partial charge < -0.3 is 10.2 Å². The summed E-state index contributed by atoms with van der Waals surface area (Å²) in [5, 5.41) is 24.9. The highest BCUT2D eigenvalue weighted by Gasteiger charge is 2.31. The molecule has 0 aliphatic rings. The lowest BCUT2D eigenvalue weighted by Crippen LogP contribution is -2.39. The number of phenols is 2. The van der Waals surface area contributed by atoms with E-state index >= 15 is 0 Å². The van der Waals surface area contributed by atoms with Gasteiger partial charge in [0.1, 0.15) is 11.5 Å². The van der Waals surface area contributed by atoms with Crippen LogP contribution in [0.15, 0.2) is 24.3 Å². The molecule has 0 amide bonds. The molecule has 2 rings (SSSR count). The van der Waals surface area contributed by atoms with E-state index < -0.39 is 16.1 Å². The average molecular weight is 443 g/mol. The van der Waals surface area contributed by atoms with E-state index in [1.165, 1.54) is 11.1 Å². The summed E-state index contributed by atoms with van der Waals surface area (Å²) in [4.78, 5) is 0. The van der Waals surface area contributed by atoms with E-state index in [0.717, 1.165) is 21.5 Å². The van der Waals surface area contributed by atoms with Crippen LogP contribution in [0, 0.1) is 0 Å². The van der Waals surface area contributed by atoms with Gasteiger partial charge in [0.2, 0.25) is 0 Å². The van der Waals surface area contributed by atoms with Crippen LogP contribution < -0.4 is 10.4 Å². The zero-order valence-corrected chi connectivity index (χ0v) is 23.2. The molecule has 0 aliphatic heterocycles. The minimum absolute atomic E-state index is 0.0459. The van der Waals surface area contributed by atoms with Gasteiger partial charge >= 0.3 is 0 Å². The first-order valence-corrected chi connectivity index (χ1v) is 18.0. The fourth-order valence-electron chi connectivity index (χ4n) is 3.69. The number of phenolic OH excluding ortho intramolecular Hbond substituents is 2. The smallest absolute Gasteiger partial charge is 0.122 e. The van der Waals surface area contributed by atoms with Crippen LogP contribution in [0.2, 0.25) is 39.3 Å². The van der Waals surface area contributed by atoms with Crippen LogP contribution in [0.25, 0.3) is 11.1 Å². The standard InChI is InChI=1S/C26H42O2Si2/c1-25(2,3)17-13-19(23(27)21(15-17)29(7,8)9)20-14-18(26(4,5)6)16-22(24(20)28)30(10,11)12/h13-16,27-28H,1-12H3. The highest BCUT2D eigenvalue weighted by atomic mass is 28.3. The lowest BCUT2D eigenvalue weighted by Gasteiger charge is -2.29. The molecule has 2 aromatic rings. The zero-order valence-electron chi connectivity index (χ0n) is 21.2. The van der Waals surface area contributed by atoms with Crippen molar-refractivity contribution in [3.63, 3.8) is 0 Å². The molecule has 0 fully saturated rings. The Bertz CT molecular complexity index is 868. The van der Waals surface area contributed by atoms with Crippen LogP contribution in [0.4, 0.5) is 0 Å². The molecule has 0 saturated heterocycles. The van der Waals surface area contributed by atoms with Gasteiger partial charge in [-0.25, -0.2) is 0 Å². The second-order valence-electron chi connectivity index (χ2n) is 12.8. The maximum atomic E-state index is 11.4. The van der Waals surface area contributed by atoms with Crippen molar-refractivity contribution in [3.05, 3.63) is 35.4 Å². The van der Waals surface area contributed by atoms with Crippen molar-refractivity contribution in [1.82, 2.24) is 0 Å². The van der Waals surface area contributed by atoms with Gasteiger partial charge in [-0.05, 0) is 44.5 Å². The van der Waals surface area contributed by atoms with Crippen LogP contribution in [0.3, 0.4) is 0 Å². The number of aromatic hydroxyl groups is 2. The van der Waals surface area contributed by atoms with E-state index in [4.69, 9.17) is 0 Å². The van der Waals surface area contributed by atoms with Crippen molar-refractivity contribution in [2.45, 2.75) is 91.7 Å². The summed E-state index contributed by atoms with van der Waals surface area (Å²) in [5.41, 5.74) is 3.84. The number of hydrogen-bond acceptors (Lipinski definition) is 2. The Balaban J connectivity index is 3.03. The molecule has 2 nitrogen and oxygen atoms in total. The molecule has 0 spiro atoms. The van der Waals surface area contributed by atoms with Crippen molar-refractivity contribution >= 4 is 26.5 Å². The molecule has 166 valence electrons. The summed E-state index contributed by atoms with van der Waals surface area (Å²) in [5.74, 6) is 0.676. The van der Waals surface area contributed by atoms with Gasteiger partial charge in [-0.3, -0.25) is 0 Å². The Kier molecular flexibility index (Phi) is 6.23. The molecule has 0 saturated carbocycles. The zero-order chi connectivity index (χ0) is 23.4. The normalized spacial score (nSPS) is 13.6. The molecule has 2 aromatic carbocycles. The topological polar surface area (TPSA) is 40.5 Å². The predicted molar refractivity (Wildman–Crippen MR) is 139 cm³/mol. The Morgan fingerprint density at radius 1 is 0.533 bits per heavy atom. The summed E-state index contributed by atoms with van der Waals surface area (Å²) >= 11 is 0. The fourth-order valence-corrected chi connectivity index (χ4v) is 6.56. The third-order valence-corrected chi connectivity index (χ3v) is 9.85. The maximum Gasteiger partial charge on any atom is 0.122 e. The average Bonchev–Trinajstić information content (AvgIpc) is 2.51. The van der Waals surface area contributed by atoms with E-state index in [1.807, 2.05) is 0 Å². The molecule has 0 unspecified atom stereocenters. The molecule has 4 heteroatoms. The highest BCUT2D eigenvalue weighted by Crippen LogP contribution is 2.40. The summed E-state index contributed by atoms with van der Waals surface area (Å²) in [6.07, 6.45) is 0. The number of benzene rings is 2. The van der Waals surface area contributed by atoms with Gasteiger partial charge in [-0.15, -0.1) is 0 Å².